The Morgan fingerprint density at radius 1 is 1.12 bits per heavy atom. The number of amides is 1. The first-order valence-electron chi connectivity index (χ1n) is 14.3. The van der Waals surface area contributed by atoms with Gasteiger partial charge in [-0.05, 0) is 46.2 Å². The molecule has 2 heterocycles. The Hall–Kier alpha value is -1.09. The fraction of sp³-hybridized carbons (Fsp3) is 0.960. The number of aliphatic hydroxyl groups excluding tert-OH is 4. The van der Waals surface area contributed by atoms with Crippen LogP contribution < -0.4 is 33.2 Å². The normalized spacial score (nSPS) is 42.5. The zero-order valence-electron chi connectivity index (χ0n) is 23.8. The van der Waals surface area contributed by atoms with Crippen molar-refractivity contribution >= 4 is 5.91 Å². The minimum atomic E-state index is -1.44. The van der Waals surface area contributed by atoms with Crippen molar-refractivity contribution in [2.24, 2.45) is 17.2 Å². The SMILES string of the molecule is CNC1C(O)C(OC2C(NC(=O)C(O)CCN)CC(N)C(OC3OC(CNCCO)CCC3N)C2O)OCC1(C)O. The third-order valence-electron chi connectivity index (χ3n) is 7.97. The van der Waals surface area contributed by atoms with Gasteiger partial charge in [-0.15, -0.1) is 0 Å². The van der Waals surface area contributed by atoms with Crippen LogP contribution in [0.2, 0.25) is 0 Å². The van der Waals surface area contributed by atoms with Crippen molar-refractivity contribution in [3.63, 3.8) is 0 Å². The molecule has 41 heavy (non-hydrogen) atoms. The van der Waals surface area contributed by atoms with E-state index in [0.717, 1.165) is 0 Å². The molecule has 1 aliphatic carbocycles. The average Bonchev–Trinajstić information content (AvgIpc) is 2.91. The lowest BCUT2D eigenvalue weighted by atomic mass is 9.83. The molecule has 16 heteroatoms. The van der Waals surface area contributed by atoms with Crippen LogP contribution in [0.25, 0.3) is 0 Å². The largest absolute Gasteiger partial charge is 0.395 e. The molecule has 0 spiro atoms. The van der Waals surface area contributed by atoms with Crippen LogP contribution in [0.5, 0.6) is 0 Å². The first-order valence-corrected chi connectivity index (χ1v) is 14.3. The third kappa shape index (κ3) is 8.73. The number of likely N-dealkylation sites (N-methyl/N-ethyl adjacent to an activating group) is 1. The van der Waals surface area contributed by atoms with E-state index in [0.29, 0.717) is 25.9 Å². The molecule has 3 rings (SSSR count). The van der Waals surface area contributed by atoms with Crippen LogP contribution in [0.3, 0.4) is 0 Å². The molecular weight excluding hydrogens is 544 g/mol. The fourth-order valence-corrected chi connectivity index (χ4v) is 5.68. The summed E-state index contributed by atoms with van der Waals surface area (Å²) in [6.45, 7) is 2.30. The number of carbonyl (C=O) groups excluding carboxylic acids is 1. The summed E-state index contributed by atoms with van der Waals surface area (Å²) in [5, 5.41) is 60.9. The van der Waals surface area contributed by atoms with Crippen molar-refractivity contribution < 1.29 is 49.3 Å². The highest BCUT2D eigenvalue weighted by atomic mass is 16.7. The molecule has 0 radical (unpaired) electrons. The standard InChI is InChI=1S/C25H50N6O10/c1-25(37)11-38-24(18(35)21(25)29-2)41-20-15(31-22(36)16(33)5-6-26)9-14(28)19(17(20)34)40-23-13(27)4-3-12(39-23)10-30-7-8-32/h12-21,23-24,29-30,32-35,37H,3-11,26-28H2,1-2H3,(H,31,36). The maximum atomic E-state index is 12.7. The molecule has 240 valence electrons. The van der Waals surface area contributed by atoms with Gasteiger partial charge in [0.05, 0.1) is 37.4 Å². The van der Waals surface area contributed by atoms with Crippen molar-refractivity contribution in [1.29, 1.82) is 0 Å². The van der Waals surface area contributed by atoms with Crippen LogP contribution in [0, 0.1) is 0 Å². The van der Waals surface area contributed by atoms with E-state index in [1.165, 1.54) is 6.92 Å². The summed E-state index contributed by atoms with van der Waals surface area (Å²) in [7, 11) is 1.57. The molecule has 0 aromatic carbocycles. The predicted octanol–water partition coefficient (Wildman–Crippen LogP) is -5.49. The molecule has 16 nitrogen and oxygen atoms in total. The number of nitrogens with two attached hydrogens (primary N) is 3. The van der Waals surface area contributed by atoms with E-state index in [1.54, 1.807) is 7.05 Å². The van der Waals surface area contributed by atoms with Gasteiger partial charge in [-0.2, -0.15) is 0 Å². The number of carbonyl (C=O) groups is 1. The summed E-state index contributed by atoms with van der Waals surface area (Å²) >= 11 is 0. The minimum Gasteiger partial charge on any atom is -0.395 e. The number of ether oxygens (including phenoxy) is 4. The van der Waals surface area contributed by atoms with Gasteiger partial charge in [0.25, 0.3) is 0 Å². The average molecular weight is 595 g/mol. The lowest BCUT2D eigenvalue weighted by Crippen LogP contribution is -2.69. The highest BCUT2D eigenvalue weighted by Gasteiger charge is 2.52. The van der Waals surface area contributed by atoms with Gasteiger partial charge >= 0.3 is 0 Å². The summed E-state index contributed by atoms with van der Waals surface area (Å²) in [6.07, 6.45) is -7.43. The number of aliphatic hydroxyl groups is 5. The summed E-state index contributed by atoms with van der Waals surface area (Å²) in [5.74, 6) is -0.718. The highest BCUT2D eigenvalue weighted by molar-refractivity contribution is 5.80. The quantitative estimate of drug-likeness (QED) is 0.0888. The van der Waals surface area contributed by atoms with Gasteiger partial charge in [0, 0.05) is 19.1 Å². The van der Waals surface area contributed by atoms with Crippen molar-refractivity contribution in [2.45, 2.75) is 112 Å². The second-order valence-electron chi connectivity index (χ2n) is 11.4. The number of hydrogen-bond donors (Lipinski definition) is 11. The van der Waals surface area contributed by atoms with Gasteiger partial charge < -0.3 is 77.6 Å². The van der Waals surface area contributed by atoms with Gasteiger partial charge in [0.15, 0.2) is 12.6 Å². The van der Waals surface area contributed by atoms with Crippen molar-refractivity contribution in [3.8, 4) is 0 Å². The maximum Gasteiger partial charge on any atom is 0.249 e. The third-order valence-corrected chi connectivity index (χ3v) is 7.97. The number of rotatable bonds is 13. The number of hydrogen-bond acceptors (Lipinski definition) is 15. The Kier molecular flexibility index (Phi) is 13.1. The lowest BCUT2D eigenvalue weighted by Gasteiger charge is -2.49. The zero-order valence-corrected chi connectivity index (χ0v) is 23.8. The van der Waals surface area contributed by atoms with Gasteiger partial charge in [0.2, 0.25) is 5.91 Å². The zero-order chi connectivity index (χ0) is 30.3. The van der Waals surface area contributed by atoms with Crippen LogP contribution in [0.1, 0.15) is 32.6 Å². The van der Waals surface area contributed by atoms with Gasteiger partial charge in [-0.1, -0.05) is 0 Å². The minimum absolute atomic E-state index is 0.0103. The van der Waals surface area contributed by atoms with Crippen molar-refractivity contribution in [2.75, 3.05) is 39.9 Å². The van der Waals surface area contributed by atoms with Crippen LogP contribution in [-0.4, -0.2) is 150 Å². The molecular formula is C25H50N6O10. The summed E-state index contributed by atoms with van der Waals surface area (Å²) < 4.78 is 23.9. The van der Waals surface area contributed by atoms with Crippen LogP contribution >= 0.6 is 0 Å². The first kappa shape index (κ1) is 34.4. The Balaban J connectivity index is 1.78. The van der Waals surface area contributed by atoms with E-state index in [9.17, 15) is 25.2 Å². The summed E-state index contributed by atoms with van der Waals surface area (Å²) in [6, 6.07) is -3.01. The van der Waals surface area contributed by atoms with Crippen LogP contribution in [0.15, 0.2) is 0 Å². The van der Waals surface area contributed by atoms with E-state index < -0.39 is 78.8 Å². The van der Waals surface area contributed by atoms with E-state index in [1.807, 2.05) is 0 Å². The lowest BCUT2D eigenvalue weighted by molar-refractivity contribution is -0.307. The van der Waals surface area contributed by atoms with E-state index in [2.05, 4.69) is 16.0 Å². The van der Waals surface area contributed by atoms with E-state index >= 15 is 0 Å². The van der Waals surface area contributed by atoms with Crippen molar-refractivity contribution in [1.82, 2.24) is 16.0 Å². The van der Waals surface area contributed by atoms with Crippen LogP contribution in [-0.2, 0) is 23.7 Å². The molecule has 0 aromatic heterocycles. The molecule has 1 amide bonds. The topological polar surface area (TPSA) is 269 Å². The Morgan fingerprint density at radius 3 is 2.49 bits per heavy atom. The Morgan fingerprint density at radius 2 is 1.83 bits per heavy atom. The second-order valence-corrected chi connectivity index (χ2v) is 11.4. The van der Waals surface area contributed by atoms with E-state index in [4.69, 9.17) is 41.3 Å². The first-order chi connectivity index (χ1) is 19.4. The molecule has 1 saturated carbocycles. The Labute approximate surface area is 240 Å². The van der Waals surface area contributed by atoms with Gasteiger partial charge in [0.1, 0.15) is 36.1 Å². The Bertz CT molecular complexity index is 815. The molecule has 0 bridgehead atoms. The van der Waals surface area contributed by atoms with Crippen molar-refractivity contribution in [3.05, 3.63) is 0 Å². The van der Waals surface area contributed by atoms with Gasteiger partial charge in [-0.25, -0.2) is 0 Å². The molecule has 3 aliphatic rings. The molecule has 0 aromatic rings. The summed E-state index contributed by atoms with van der Waals surface area (Å²) in [5.41, 5.74) is 16.8. The number of nitrogens with one attached hydrogen (secondary N) is 3. The fourth-order valence-electron chi connectivity index (χ4n) is 5.68. The van der Waals surface area contributed by atoms with Gasteiger partial charge in [-0.3, -0.25) is 4.79 Å². The predicted molar refractivity (Wildman–Crippen MR) is 145 cm³/mol. The molecule has 13 unspecified atom stereocenters. The molecule has 14 N–H and O–H groups in total. The smallest absolute Gasteiger partial charge is 0.249 e. The highest BCUT2D eigenvalue weighted by Crippen LogP contribution is 2.32. The monoisotopic (exact) mass is 594 g/mol. The second kappa shape index (κ2) is 15.6. The van der Waals surface area contributed by atoms with Crippen LogP contribution in [0.4, 0.5) is 0 Å². The molecule has 13 atom stereocenters. The molecule has 2 saturated heterocycles. The van der Waals surface area contributed by atoms with E-state index in [-0.39, 0.29) is 38.7 Å². The molecule has 2 aliphatic heterocycles. The molecule has 3 fully saturated rings. The maximum absolute atomic E-state index is 12.7. The summed E-state index contributed by atoms with van der Waals surface area (Å²) in [4.78, 5) is 12.7.